The molecule has 5 nitrogen and oxygen atoms in total. The molecule has 0 spiro atoms. The molecule has 2 aromatic rings. The highest BCUT2D eigenvalue weighted by atomic mass is 32.2. The Hall–Kier alpha value is -2.08. The molecule has 148 valence electrons. The van der Waals surface area contributed by atoms with Crippen LogP contribution in [0.4, 0.5) is 5.69 Å². The van der Waals surface area contributed by atoms with E-state index in [1.165, 1.54) is 5.57 Å². The number of unbranched alkanes of at least 4 members (excludes halogenated alkanes) is 1. The van der Waals surface area contributed by atoms with Gasteiger partial charge in [-0.15, -0.1) is 10.2 Å². The summed E-state index contributed by atoms with van der Waals surface area (Å²) in [5, 5.41) is 13.2. The average molecular weight is 397 g/mol. The number of benzene rings is 1. The Kier molecular flexibility index (Phi) is 5.85. The second-order valence-electron chi connectivity index (χ2n) is 7.81. The lowest BCUT2D eigenvalue weighted by atomic mass is 9.80. The average Bonchev–Trinajstić information content (AvgIpc) is 2.84. The van der Waals surface area contributed by atoms with Crippen molar-refractivity contribution in [2.75, 3.05) is 11.1 Å². The van der Waals surface area contributed by atoms with E-state index in [1.807, 2.05) is 12.1 Å². The standard InChI is InChI=1S/C22H28N4OS/c1-4-5-12-28-22-24-21-19(25-26-22)17-8-6-7-9-18(17)23-20(27-21)16-11-10-14(2)13-15(16)3/h6-10,15-16,20,23H,4-5,11-13H2,1-3H3. The second kappa shape index (κ2) is 8.52. The zero-order valence-corrected chi connectivity index (χ0v) is 17.6. The highest BCUT2D eigenvalue weighted by Gasteiger charge is 2.34. The summed E-state index contributed by atoms with van der Waals surface area (Å²) in [7, 11) is 0. The van der Waals surface area contributed by atoms with Gasteiger partial charge in [0, 0.05) is 22.9 Å². The van der Waals surface area contributed by atoms with Crippen molar-refractivity contribution in [3.05, 3.63) is 35.9 Å². The monoisotopic (exact) mass is 396 g/mol. The summed E-state index contributed by atoms with van der Waals surface area (Å²) in [5.41, 5.74) is 4.23. The molecular weight excluding hydrogens is 368 g/mol. The van der Waals surface area contributed by atoms with E-state index in [0.29, 0.717) is 22.9 Å². The smallest absolute Gasteiger partial charge is 0.247 e. The minimum Gasteiger partial charge on any atom is -0.452 e. The van der Waals surface area contributed by atoms with Crippen molar-refractivity contribution >= 4 is 17.4 Å². The van der Waals surface area contributed by atoms with Crippen LogP contribution >= 0.6 is 11.8 Å². The van der Waals surface area contributed by atoms with Crippen molar-refractivity contribution in [1.82, 2.24) is 15.2 Å². The molecule has 4 rings (SSSR count). The molecule has 0 bridgehead atoms. The maximum absolute atomic E-state index is 6.46. The van der Waals surface area contributed by atoms with Crippen LogP contribution in [0.1, 0.15) is 46.5 Å². The molecule has 1 aliphatic carbocycles. The summed E-state index contributed by atoms with van der Waals surface area (Å²) in [4.78, 5) is 4.74. The van der Waals surface area contributed by atoms with E-state index in [1.54, 1.807) is 11.8 Å². The number of anilines is 1. The predicted molar refractivity (Wildman–Crippen MR) is 115 cm³/mol. The molecule has 3 atom stereocenters. The van der Waals surface area contributed by atoms with Crippen molar-refractivity contribution in [3.8, 4) is 17.1 Å². The third-order valence-corrected chi connectivity index (χ3v) is 6.51. The molecule has 1 N–H and O–H groups in total. The van der Waals surface area contributed by atoms with Crippen molar-refractivity contribution in [1.29, 1.82) is 0 Å². The lowest BCUT2D eigenvalue weighted by molar-refractivity contribution is 0.114. The van der Waals surface area contributed by atoms with Crippen LogP contribution in [-0.2, 0) is 0 Å². The molecule has 0 fully saturated rings. The number of hydrogen-bond donors (Lipinski definition) is 1. The molecule has 0 amide bonds. The minimum absolute atomic E-state index is 0.132. The first-order valence-corrected chi connectivity index (χ1v) is 11.2. The number of nitrogens with one attached hydrogen (secondary N) is 1. The number of para-hydroxylation sites is 1. The Morgan fingerprint density at radius 1 is 1.25 bits per heavy atom. The molecule has 0 saturated heterocycles. The SMILES string of the molecule is CCCCSc1nnc2c(n1)OC(C1CC=C(C)CC1C)Nc1ccccc1-2. The van der Waals surface area contributed by atoms with E-state index in [9.17, 15) is 0 Å². The molecule has 3 unspecified atom stereocenters. The Labute approximate surface area is 171 Å². The molecule has 6 heteroatoms. The molecule has 0 saturated carbocycles. The first-order valence-electron chi connectivity index (χ1n) is 10.2. The van der Waals surface area contributed by atoms with Crippen LogP contribution < -0.4 is 10.1 Å². The Morgan fingerprint density at radius 2 is 2.11 bits per heavy atom. The van der Waals surface area contributed by atoms with Gasteiger partial charge >= 0.3 is 0 Å². The third-order valence-electron chi connectivity index (χ3n) is 5.59. The van der Waals surface area contributed by atoms with Crippen LogP contribution in [-0.4, -0.2) is 27.2 Å². The summed E-state index contributed by atoms with van der Waals surface area (Å²) < 4.78 is 6.46. The van der Waals surface area contributed by atoms with Gasteiger partial charge < -0.3 is 10.1 Å². The molecule has 2 aliphatic rings. The van der Waals surface area contributed by atoms with Crippen LogP contribution in [0, 0.1) is 11.8 Å². The van der Waals surface area contributed by atoms with Crippen LogP contribution in [0.3, 0.4) is 0 Å². The van der Waals surface area contributed by atoms with E-state index in [-0.39, 0.29) is 6.23 Å². The van der Waals surface area contributed by atoms with E-state index >= 15 is 0 Å². The van der Waals surface area contributed by atoms with Crippen molar-refractivity contribution in [2.24, 2.45) is 11.8 Å². The van der Waals surface area contributed by atoms with Gasteiger partial charge in [-0.2, -0.15) is 4.98 Å². The number of ether oxygens (including phenoxy) is 1. The van der Waals surface area contributed by atoms with Crippen LogP contribution in [0.2, 0.25) is 0 Å². The zero-order valence-electron chi connectivity index (χ0n) is 16.8. The zero-order chi connectivity index (χ0) is 19.5. The van der Waals surface area contributed by atoms with E-state index in [4.69, 9.17) is 9.72 Å². The largest absolute Gasteiger partial charge is 0.452 e. The van der Waals surface area contributed by atoms with Crippen molar-refractivity contribution in [2.45, 2.75) is 57.8 Å². The van der Waals surface area contributed by atoms with E-state index in [0.717, 1.165) is 48.4 Å². The summed E-state index contributed by atoms with van der Waals surface area (Å²) >= 11 is 1.65. The van der Waals surface area contributed by atoms with Gasteiger partial charge in [0.1, 0.15) is 0 Å². The fourth-order valence-corrected chi connectivity index (χ4v) is 4.83. The summed E-state index contributed by atoms with van der Waals surface area (Å²) in [6, 6.07) is 8.20. The van der Waals surface area contributed by atoms with Crippen LogP contribution in [0.5, 0.6) is 5.88 Å². The van der Waals surface area contributed by atoms with Crippen LogP contribution in [0.25, 0.3) is 11.3 Å². The number of fused-ring (bicyclic) bond motifs is 3. The lowest BCUT2D eigenvalue weighted by Gasteiger charge is -2.34. The van der Waals surface area contributed by atoms with Crippen LogP contribution in [0.15, 0.2) is 41.1 Å². The summed E-state index contributed by atoms with van der Waals surface area (Å²) in [6.45, 7) is 6.72. The van der Waals surface area contributed by atoms with Crippen molar-refractivity contribution < 1.29 is 4.74 Å². The van der Waals surface area contributed by atoms with E-state index in [2.05, 4.69) is 54.5 Å². The Balaban J connectivity index is 1.68. The number of rotatable bonds is 5. The number of nitrogens with zero attached hydrogens (tertiary/aromatic N) is 3. The van der Waals surface area contributed by atoms with Gasteiger partial charge in [0.15, 0.2) is 11.9 Å². The van der Waals surface area contributed by atoms with Gasteiger partial charge in [-0.1, -0.05) is 61.9 Å². The maximum atomic E-state index is 6.46. The maximum Gasteiger partial charge on any atom is 0.247 e. The third kappa shape index (κ3) is 4.02. The van der Waals surface area contributed by atoms with Gasteiger partial charge in [-0.25, -0.2) is 0 Å². The minimum atomic E-state index is -0.132. The van der Waals surface area contributed by atoms with Gasteiger partial charge in [0.2, 0.25) is 11.0 Å². The lowest BCUT2D eigenvalue weighted by Crippen LogP contribution is -2.39. The topological polar surface area (TPSA) is 59.9 Å². The molecular formula is C22H28N4OS. The summed E-state index contributed by atoms with van der Waals surface area (Å²) in [6.07, 6.45) is 6.64. The molecule has 1 aromatic carbocycles. The number of hydrogen-bond acceptors (Lipinski definition) is 6. The highest BCUT2D eigenvalue weighted by Crippen LogP contribution is 2.40. The van der Waals surface area contributed by atoms with Gasteiger partial charge in [0.25, 0.3) is 0 Å². The number of aromatic nitrogens is 3. The highest BCUT2D eigenvalue weighted by molar-refractivity contribution is 7.99. The molecule has 0 radical (unpaired) electrons. The molecule has 28 heavy (non-hydrogen) atoms. The van der Waals surface area contributed by atoms with Gasteiger partial charge in [0.05, 0.1) is 0 Å². The number of thioether (sulfide) groups is 1. The quantitative estimate of drug-likeness (QED) is 0.406. The molecule has 2 heterocycles. The van der Waals surface area contributed by atoms with Gasteiger partial charge in [-0.05, 0) is 38.2 Å². The normalized spacial score (nSPS) is 23.5. The summed E-state index contributed by atoms with van der Waals surface area (Å²) in [5.74, 6) is 2.52. The predicted octanol–water partition coefficient (Wildman–Crippen LogP) is 5.55. The van der Waals surface area contributed by atoms with Gasteiger partial charge in [-0.3, -0.25) is 0 Å². The Morgan fingerprint density at radius 3 is 2.93 bits per heavy atom. The van der Waals surface area contributed by atoms with E-state index < -0.39 is 0 Å². The molecule has 1 aliphatic heterocycles. The van der Waals surface area contributed by atoms with Crippen molar-refractivity contribution in [3.63, 3.8) is 0 Å². The number of allylic oxidation sites excluding steroid dienone is 2. The Bertz CT molecular complexity index is 869. The first kappa shape index (κ1) is 19.2. The first-order chi connectivity index (χ1) is 13.7. The molecule has 1 aromatic heterocycles. The fraction of sp³-hybridized carbons (Fsp3) is 0.500. The fourth-order valence-electron chi connectivity index (χ4n) is 3.96. The second-order valence-corrected chi connectivity index (χ2v) is 8.87.